The first kappa shape index (κ1) is 10.7. The second kappa shape index (κ2) is 4.77. The summed E-state index contributed by atoms with van der Waals surface area (Å²) in [6, 6.07) is 4.92. The Kier molecular flexibility index (Phi) is 3.65. The van der Waals surface area contributed by atoms with E-state index in [1.165, 1.54) is 7.11 Å². The lowest BCUT2D eigenvalue weighted by Gasteiger charge is -2.05. The van der Waals surface area contributed by atoms with E-state index in [1.54, 1.807) is 18.2 Å². The van der Waals surface area contributed by atoms with E-state index in [0.29, 0.717) is 5.56 Å². The summed E-state index contributed by atoms with van der Waals surface area (Å²) in [7, 11) is 1.28. The third kappa shape index (κ3) is 2.12. The van der Waals surface area contributed by atoms with E-state index < -0.39 is 5.97 Å². The van der Waals surface area contributed by atoms with Crippen molar-refractivity contribution in [3.63, 3.8) is 0 Å². The van der Waals surface area contributed by atoms with Gasteiger partial charge < -0.3 is 9.53 Å². The Labute approximate surface area is 86.6 Å². The van der Waals surface area contributed by atoms with E-state index in [1.807, 2.05) is 0 Å². The number of benzene rings is 1. The number of hydrogen-bond acceptors (Lipinski definition) is 3. The zero-order valence-electron chi connectivity index (χ0n) is 7.62. The maximum atomic E-state index is 11.2. The molecule has 74 valence electrons. The van der Waals surface area contributed by atoms with E-state index in [4.69, 9.17) is 11.6 Å². The number of aldehydes is 1. The predicted molar refractivity (Wildman–Crippen MR) is 52.6 cm³/mol. The van der Waals surface area contributed by atoms with Gasteiger partial charge in [-0.25, -0.2) is 4.79 Å². The van der Waals surface area contributed by atoms with Gasteiger partial charge in [0.25, 0.3) is 0 Å². The highest BCUT2D eigenvalue weighted by Crippen LogP contribution is 2.21. The zero-order chi connectivity index (χ0) is 10.6. The summed E-state index contributed by atoms with van der Waals surface area (Å²) >= 11 is 5.90. The second-order valence-electron chi connectivity index (χ2n) is 2.64. The highest BCUT2D eigenvalue weighted by atomic mass is 35.5. The van der Waals surface area contributed by atoms with Crippen LogP contribution < -0.4 is 0 Å². The minimum atomic E-state index is -0.497. The molecule has 0 saturated heterocycles. The van der Waals surface area contributed by atoms with Crippen LogP contribution in [-0.4, -0.2) is 19.4 Å². The Balaban J connectivity index is 3.13. The minimum absolute atomic E-state index is 0.198. The number of methoxy groups -OCH3 is 1. The molecule has 3 nitrogen and oxygen atoms in total. The van der Waals surface area contributed by atoms with Crippen molar-refractivity contribution in [3.05, 3.63) is 34.3 Å². The van der Waals surface area contributed by atoms with Crippen LogP contribution in [0.5, 0.6) is 0 Å². The molecule has 0 amide bonds. The standard InChI is InChI=1S/C10H9ClO3/c1-14-10(13)8-4-2-3-7(5-6-12)9(8)11/h2-4,6H,5H2,1H3. The highest BCUT2D eigenvalue weighted by Gasteiger charge is 2.12. The zero-order valence-corrected chi connectivity index (χ0v) is 8.38. The van der Waals surface area contributed by atoms with Gasteiger partial charge in [-0.2, -0.15) is 0 Å². The number of esters is 1. The van der Waals surface area contributed by atoms with Gasteiger partial charge in [-0.15, -0.1) is 0 Å². The smallest absolute Gasteiger partial charge is 0.339 e. The molecule has 0 spiro atoms. The lowest BCUT2D eigenvalue weighted by atomic mass is 10.1. The summed E-state index contributed by atoms with van der Waals surface area (Å²) in [6.45, 7) is 0. The predicted octanol–water partition coefficient (Wildman–Crippen LogP) is 1.87. The van der Waals surface area contributed by atoms with Crippen LogP contribution in [0.2, 0.25) is 5.02 Å². The van der Waals surface area contributed by atoms with Crippen molar-refractivity contribution in [1.82, 2.24) is 0 Å². The Morgan fingerprint density at radius 3 is 2.86 bits per heavy atom. The molecule has 0 heterocycles. The van der Waals surface area contributed by atoms with Gasteiger partial charge in [0, 0.05) is 6.42 Å². The van der Waals surface area contributed by atoms with Gasteiger partial charge in [0.1, 0.15) is 6.29 Å². The van der Waals surface area contributed by atoms with Gasteiger partial charge in [0.2, 0.25) is 0 Å². The Bertz CT molecular complexity index is 360. The Morgan fingerprint density at radius 2 is 2.29 bits per heavy atom. The van der Waals surface area contributed by atoms with Crippen molar-refractivity contribution >= 4 is 23.9 Å². The number of ether oxygens (including phenoxy) is 1. The summed E-state index contributed by atoms with van der Waals surface area (Å²) in [4.78, 5) is 21.5. The third-order valence-corrected chi connectivity index (χ3v) is 2.23. The number of halogens is 1. The number of carbonyl (C=O) groups is 2. The summed E-state index contributed by atoms with van der Waals surface area (Å²) in [6.07, 6.45) is 0.936. The first-order valence-corrected chi connectivity index (χ1v) is 4.37. The monoisotopic (exact) mass is 212 g/mol. The van der Waals surface area contributed by atoms with E-state index in [0.717, 1.165) is 6.29 Å². The fourth-order valence-electron chi connectivity index (χ4n) is 1.09. The molecule has 0 fully saturated rings. The van der Waals surface area contributed by atoms with Crippen LogP contribution >= 0.6 is 11.6 Å². The van der Waals surface area contributed by atoms with Crippen LogP contribution in [0.25, 0.3) is 0 Å². The van der Waals surface area contributed by atoms with E-state index in [9.17, 15) is 9.59 Å². The minimum Gasteiger partial charge on any atom is -0.465 e. The summed E-state index contributed by atoms with van der Waals surface area (Å²) < 4.78 is 4.54. The first-order valence-electron chi connectivity index (χ1n) is 4.00. The molecule has 0 atom stereocenters. The van der Waals surface area contributed by atoms with Gasteiger partial charge in [-0.1, -0.05) is 23.7 Å². The molecule has 0 aliphatic carbocycles. The average molecular weight is 213 g/mol. The fraction of sp³-hybridized carbons (Fsp3) is 0.200. The van der Waals surface area contributed by atoms with Gasteiger partial charge in [-0.05, 0) is 11.6 Å². The quantitative estimate of drug-likeness (QED) is 0.568. The summed E-state index contributed by atoms with van der Waals surface area (Å²) in [5.41, 5.74) is 0.915. The molecule has 0 unspecified atom stereocenters. The largest absolute Gasteiger partial charge is 0.465 e. The molecule has 1 aromatic carbocycles. The van der Waals surface area contributed by atoms with Crippen LogP contribution in [0.3, 0.4) is 0 Å². The number of rotatable bonds is 3. The number of hydrogen-bond donors (Lipinski definition) is 0. The van der Waals surface area contributed by atoms with Crippen molar-refractivity contribution in [3.8, 4) is 0 Å². The molecule has 0 bridgehead atoms. The van der Waals surface area contributed by atoms with Crippen LogP contribution in [0, 0.1) is 0 Å². The molecule has 0 saturated carbocycles. The van der Waals surface area contributed by atoms with Crippen molar-refractivity contribution in [2.75, 3.05) is 7.11 Å². The Morgan fingerprint density at radius 1 is 1.57 bits per heavy atom. The molecular formula is C10H9ClO3. The molecule has 1 aromatic rings. The summed E-state index contributed by atoms with van der Waals surface area (Å²) in [5.74, 6) is -0.497. The van der Waals surface area contributed by atoms with Gasteiger partial charge in [0.05, 0.1) is 17.7 Å². The van der Waals surface area contributed by atoms with Crippen LogP contribution in [-0.2, 0) is 16.0 Å². The molecule has 1 rings (SSSR count). The highest BCUT2D eigenvalue weighted by molar-refractivity contribution is 6.34. The lowest BCUT2D eigenvalue weighted by Crippen LogP contribution is -2.03. The second-order valence-corrected chi connectivity index (χ2v) is 3.02. The lowest BCUT2D eigenvalue weighted by molar-refractivity contribution is -0.107. The molecule has 0 aromatic heterocycles. The van der Waals surface area contributed by atoms with Gasteiger partial charge >= 0.3 is 5.97 Å². The normalized spacial score (nSPS) is 9.57. The van der Waals surface area contributed by atoms with Crippen molar-refractivity contribution in [2.45, 2.75) is 6.42 Å². The molecule has 0 radical (unpaired) electrons. The summed E-state index contributed by atoms with van der Waals surface area (Å²) in [5, 5.41) is 0.284. The molecule has 0 N–H and O–H groups in total. The maximum absolute atomic E-state index is 11.2. The van der Waals surface area contributed by atoms with Crippen molar-refractivity contribution in [2.24, 2.45) is 0 Å². The third-order valence-electron chi connectivity index (χ3n) is 1.79. The van der Waals surface area contributed by atoms with Gasteiger partial charge in [-0.3, -0.25) is 0 Å². The van der Waals surface area contributed by atoms with Crippen molar-refractivity contribution in [1.29, 1.82) is 0 Å². The molecule has 0 aliphatic rings. The average Bonchev–Trinajstić information content (AvgIpc) is 2.20. The molecular weight excluding hydrogens is 204 g/mol. The van der Waals surface area contributed by atoms with Crippen LogP contribution in [0.15, 0.2) is 18.2 Å². The molecule has 4 heteroatoms. The topological polar surface area (TPSA) is 43.4 Å². The Hall–Kier alpha value is -1.35. The molecule has 0 aliphatic heterocycles. The van der Waals surface area contributed by atoms with Gasteiger partial charge in [0.15, 0.2) is 0 Å². The van der Waals surface area contributed by atoms with Crippen LogP contribution in [0.1, 0.15) is 15.9 Å². The van der Waals surface area contributed by atoms with Crippen LogP contribution in [0.4, 0.5) is 0 Å². The van der Waals surface area contributed by atoms with Crippen molar-refractivity contribution < 1.29 is 14.3 Å². The first-order chi connectivity index (χ1) is 6.70. The van der Waals surface area contributed by atoms with E-state index in [-0.39, 0.29) is 17.0 Å². The SMILES string of the molecule is COC(=O)c1cccc(CC=O)c1Cl. The molecule has 14 heavy (non-hydrogen) atoms. The van der Waals surface area contributed by atoms with E-state index in [2.05, 4.69) is 4.74 Å². The fourth-order valence-corrected chi connectivity index (χ4v) is 1.38. The maximum Gasteiger partial charge on any atom is 0.339 e. The van der Waals surface area contributed by atoms with E-state index >= 15 is 0 Å². The number of carbonyl (C=O) groups excluding carboxylic acids is 2.